The third-order valence-electron chi connectivity index (χ3n) is 3.13. The van der Waals surface area contributed by atoms with Crippen molar-refractivity contribution in [1.29, 1.82) is 0 Å². The summed E-state index contributed by atoms with van der Waals surface area (Å²) < 4.78 is 27.7. The zero-order chi connectivity index (χ0) is 12.8. The van der Waals surface area contributed by atoms with Gasteiger partial charge < -0.3 is 15.2 Å². The van der Waals surface area contributed by atoms with E-state index in [9.17, 15) is 13.5 Å². The van der Waals surface area contributed by atoms with Gasteiger partial charge in [-0.1, -0.05) is 6.92 Å². The molecular formula is C11H23NO4S. The molecule has 6 heteroatoms. The van der Waals surface area contributed by atoms with Crippen LogP contribution in [-0.2, 0) is 14.6 Å². The molecule has 1 rings (SSSR count). The summed E-state index contributed by atoms with van der Waals surface area (Å²) in [6.45, 7) is 4.00. The van der Waals surface area contributed by atoms with Crippen molar-refractivity contribution in [2.24, 2.45) is 0 Å². The van der Waals surface area contributed by atoms with E-state index in [4.69, 9.17) is 4.74 Å². The normalized spacial score (nSPS) is 20.4. The molecule has 0 aromatic carbocycles. The first-order valence-corrected chi connectivity index (χ1v) is 8.01. The number of ether oxygens (including phenoxy) is 1. The molecule has 0 amide bonds. The third kappa shape index (κ3) is 5.81. The highest BCUT2D eigenvalue weighted by Gasteiger charge is 2.28. The van der Waals surface area contributed by atoms with Crippen LogP contribution in [0.25, 0.3) is 0 Å². The molecule has 0 aromatic rings. The lowest BCUT2D eigenvalue weighted by molar-refractivity contribution is -0.0614. The van der Waals surface area contributed by atoms with Crippen LogP contribution < -0.4 is 5.32 Å². The highest BCUT2D eigenvalue weighted by molar-refractivity contribution is 7.91. The van der Waals surface area contributed by atoms with Gasteiger partial charge in [-0.2, -0.15) is 0 Å². The molecule has 1 heterocycles. The van der Waals surface area contributed by atoms with Crippen molar-refractivity contribution in [1.82, 2.24) is 5.32 Å². The van der Waals surface area contributed by atoms with Gasteiger partial charge in [0.05, 0.1) is 11.4 Å². The fourth-order valence-corrected chi connectivity index (χ4v) is 2.68. The van der Waals surface area contributed by atoms with Gasteiger partial charge in [-0.05, 0) is 13.0 Å². The van der Waals surface area contributed by atoms with Crippen LogP contribution in [0.4, 0.5) is 0 Å². The third-order valence-corrected chi connectivity index (χ3v) is 4.92. The van der Waals surface area contributed by atoms with Crippen molar-refractivity contribution in [3.63, 3.8) is 0 Å². The molecule has 0 radical (unpaired) electrons. The number of hydrogen-bond donors (Lipinski definition) is 2. The summed E-state index contributed by atoms with van der Waals surface area (Å²) >= 11 is 0. The lowest BCUT2D eigenvalue weighted by Crippen LogP contribution is -2.45. The average molecular weight is 265 g/mol. The second kappa shape index (κ2) is 6.68. The van der Waals surface area contributed by atoms with Gasteiger partial charge in [0.25, 0.3) is 0 Å². The van der Waals surface area contributed by atoms with E-state index in [1.165, 1.54) is 0 Å². The van der Waals surface area contributed by atoms with Gasteiger partial charge >= 0.3 is 0 Å². The topological polar surface area (TPSA) is 75.6 Å². The first-order valence-electron chi connectivity index (χ1n) is 6.19. The van der Waals surface area contributed by atoms with Gasteiger partial charge in [-0.15, -0.1) is 0 Å². The lowest BCUT2D eigenvalue weighted by Gasteiger charge is -2.32. The minimum absolute atomic E-state index is 0.203. The highest BCUT2D eigenvalue weighted by Crippen LogP contribution is 2.19. The monoisotopic (exact) mass is 265 g/mol. The Morgan fingerprint density at radius 1 is 1.35 bits per heavy atom. The molecular weight excluding hydrogens is 242 g/mol. The maximum Gasteiger partial charge on any atom is 0.150 e. The van der Waals surface area contributed by atoms with Gasteiger partial charge in [0, 0.05) is 38.4 Å². The second-order valence-electron chi connectivity index (χ2n) is 4.60. The SMILES string of the molecule is CCS(=O)(=O)CCCNCC1(O)CCOCC1. The van der Waals surface area contributed by atoms with Crippen LogP contribution in [0, 0.1) is 0 Å². The number of sulfone groups is 1. The largest absolute Gasteiger partial charge is 0.388 e. The van der Waals surface area contributed by atoms with E-state index in [-0.39, 0.29) is 11.5 Å². The maximum absolute atomic E-state index is 11.2. The molecule has 0 spiro atoms. The Morgan fingerprint density at radius 3 is 2.59 bits per heavy atom. The molecule has 17 heavy (non-hydrogen) atoms. The minimum Gasteiger partial charge on any atom is -0.388 e. The molecule has 0 aliphatic carbocycles. The van der Waals surface area contributed by atoms with Crippen LogP contribution in [0.3, 0.4) is 0 Å². The molecule has 0 unspecified atom stereocenters. The van der Waals surface area contributed by atoms with Gasteiger partial charge in [0.2, 0.25) is 0 Å². The van der Waals surface area contributed by atoms with E-state index >= 15 is 0 Å². The summed E-state index contributed by atoms with van der Waals surface area (Å²) in [5.41, 5.74) is -0.679. The van der Waals surface area contributed by atoms with Crippen LogP contribution >= 0.6 is 0 Å². The average Bonchev–Trinajstić information content (AvgIpc) is 2.29. The first kappa shape index (κ1) is 14.9. The predicted molar refractivity (Wildman–Crippen MR) is 66.8 cm³/mol. The summed E-state index contributed by atoms with van der Waals surface area (Å²) in [5, 5.41) is 13.2. The van der Waals surface area contributed by atoms with Gasteiger partial charge in [0.1, 0.15) is 9.84 Å². The van der Waals surface area contributed by atoms with Gasteiger partial charge in [-0.3, -0.25) is 0 Å². The van der Waals surface area contributed by atoms with E-state index in [0.29, 0.717) is 45.6 Å². The highest BCUT2D eigenvalue weighted by atomic mass is 32.2. The van der Waals surface area contributed by atoms with E-state index in [2.05, 4.69) is 5.32 Å². The molecule has 1 aliphatic rings. The fourth-order valence-electron chi connectivity index (χ4n) is 1.81. The maximum atomic E-state index is 11.2. The summed E-state index contributed by atoms with van der Waals surface area (Å²) in [4.78, 5) is 0. The molecule has 5 nitrogen and oxygen atoms in total. The van der Waals surface area contributed by atoms with Crippen LogP contribution in [-0.4, -0.2) is 56.9 Å². The number of aliphatic hydroxyl groups is 1. The standard InChI is InChI=1S/C11H23NO4S/c1-2-17(14,15)9-3-6-12-10-11(13)4-7-16-8-5-11/h12-13H,2-10H2,1H3. The van der Waals surface area contributed by atoms with Crippen LogP contribution in [0.5, 0.6) is 0 Å². The second-order valence-corrected chi connectivity index (χ2v) is 7.08. The molecule has 1 fully saturated rings. The Bertz CT molecular complexity index is 309. The van der Waals surface area contributed by atoms with Crippen molar-refractivity contribution in [3.05, 3.63) is 0 Å². The Hall–Kier alpha value is -0.170. The van der Waals surface area contributed by atoms with E-state index < -0.39 is 15.4 Å². The Balaban J connectivity index is 2.11. The number of hydrogen-bond acceptors (Lipinski definition) is 5. The quantitative estimate of drug-likeness (QED) is 0.631. The Labute approximate surface area is 103 Å². The molecule has 0 bridgehead atoms. The van der Waals surface area contributed by atoms with Gasteiger partial charge in [0.15, 0.2) is 0 Å². The van der Waals surface area contributed by atoms with Gasteiger partial charge in [-0.25, -0.2) is 8.42 Å². The summed E-state index contributed by atoms with van der Waals surface area (Å²) in [6.07, 6.45) is 1.89. The molecule has 0 aromatic heterocycles. The van der Waals surface area contributed by atoms with Crippen molar-refractivity contribution in [3.8, 4) is 0 Å². The molecule has 0 atom stereocenters. The predicted octanol–water partition coefficient (Wildman–Crippen LogP) is -0.0577. The molecule has 2 N–H and O–H groups in total. The van der Waals surface area contributed by atoms with E-state index in [0.717, 1.165) is 0 Å². The van der Waals surface area contributed by atoms with Crippen molar-refractivity contribution in [2.45, 2.75) is 31.8 Å². The number of nitrogens with one attached hydrogen (secondary N) is 1. The van der Waals surface area contributed by atoms with Crippen molar-refractivity contribution in [2.75, 3.05) is 37.8 Å². The molecule has 0 saturated carbocycles. The van der Waals surface area contributed by atoms with Crippen LogP contribution in [0.1, 0.15) is 26.2 Å². The fraction of sp³-hybridized carbons (Fsp3) is 1.00. The zero-order valence-corrected chi connectivity index (χ0v) is 11.3. The van der Waals surface area contributed by atoms with Crippen LogP contribution in [0.15, 0.2) is 0 Å². The summed E-state index contributed by atoms with van der Waals surface area (Å²) in [5.74, 6) is 0.423. The minimum atomic E-state index is -2.86. The summed E-state index contributed by atoms with van der Waals surface area (Å²) in [6, 6.07) is 0. The lowest BCUT2D eigenvalue weighted by atomic mass is 9.94. The first-order chi connectivity index (χ1) is 7.97. The Morgan fingerprint density at radius 2 is 2.00 bits per heavy atom. The van der Waals surface area contributed by atoms with Crippen molar-refractivity contribution >= 4 is 9.84 Å². The van der Waals surface area contributed by atoms with E-state index in [1.54, 1.807) is 6.92 Å². The van der Waals surface area contributed by atoms with Crippen LogP contribution in [0.2, 0.25) is 0 Å². The van der Waals surface area contributed by atoms with Crippen molar-refractivity contribution < 1.29 is 18.3 Å². The van der Waals surface area contributed by atoms with E-state index in [1.807, 2.05) is 0 Å². The number of rotatable bonds is 7. The molecule has 102 valence electrons. The molecule has 1 aliphatic heterocycles. The molecule has 1 saturated heterocycles. The summed E-state index contributed by atoms with van der Waals surface area (Å²) in [7, 11) is -2.86. The Kier molecular flexibility index (Phi) is 5.85. The zero-order valence-electron chi connectivity index (χ0n) is 10.4. The smallest absolute Gasteiger partial charge is 0.150 e.